The fourth-order valence-electron chi connectivity index (χ4n) is 2.44. The maximum absolute atomic E-state index is 12.0. The molecule has 0 spiro atoms. The Hall–Kier alpha value is -3.09. The summed E-state index contributed by atoms with van der Waals surface area (Å²) in [5.74, 6) is -0.841. The van der Waals surface area contributed by atoms with Crippen molar-refractivity contribution in [2.45, 2.75) is 20.3 Å². The first-order chi connectivity index (χ1) is 11.8. The summed E-state index contributed by atoms with van der Waals surface area (Å²) in [6.07, 6.45) is 1.41. The van der Waals surface area contributed by atoms with E-state index in [1.54, 1.807) is 25.3 Å². The van der Waals surface area contributed by atoms with Crippen LogP contribution in [0.4, 0.5) is 0 Å². The van der Waals surface area contributed by atoms with Crippen molar-refractivity contribution in [2.24, 2.45) is 0 Å². The van der Waals surface area contributed by atoms with Crippen molar-refractivity contribution in [3.05, 3.63) is 41.4 Å². The minimum atomic E-state index is -0.587. The van der Waals surface area contributed by atoms with Crippen LogP contribution in [0.25, 0.3) is 11.0 Å². The summed E-state index contributed by atoms with van der Waals surface area (Å²) in [6, 6.07) is 5.25. The van der Waals surface area contributed by atoms with Gasteiger partial charge in [0.05, 0.1) is 25.4 Å². The number of hydrogen-bond acceptors (Lipinski definition) is 7. The molecule has 132 valence electrons. The number of carbonyl (C=O) groups excluding carboxylic acids is 2. The van der Waals surface area contributed by atoms with E-state index >= 15 is 0 Å². The van der Waals surface area contributed by atoms with Gasteiger partial charge in [-0.1, -0.05) is 0 Å². The molecule has 0 atom stereocenters. The van der Waals surface area contributed by atoms with E-state index in [9.17, 15) is 14.7 Å². The zero-order valence-electron chi connectivity index (χ0n) is 14.2. The predicted octanol–water partition coefficient (Wildman–Crippen LogP) is 2.97. The minimum Gasteiger partial charge on any atom is -0.508 e. The van der Waals surface area contributed by atoms with Gasteiger partial charge in [-0.3, -0.25) is 9.59 Å². The normalized spacial score (nSPS) is 11.8. The van der Waals surface area contributed by atoms with Gasteiger partial charge < -0.3 is 24.4 Å². The number of ether oxygens (including phenoxy) is 2. The molecule has 1 heterocycles. The van der Waals surface area contributed by atoms with Crippen molar-refractivity contribution in [1.82, 2.24) is 0 Å². The molecule has 2 rings (SSSR count). The number of nitrogens with one attached hydrogen (secondary N) is 1. The first-order valence-corrected chi connectivity index (χ1v) is 7.51. The van der Waals surface area contributed by atoms with Gasteiger partial charge in [0.15, 0.2) is 5.78 Å². The third-order valence-electron chi connectivity index (χ3n) is 3.58. The number of aliphatic hydroxyl groups is 1. The van der Waals surface area contributed by atoms with Gasteiger partial charge in [-0.25, -0.2) is 0 Å². The minimum absolute atomic E-state index is 0.0500. The van der Waals surface area contributed by atoms with Crippen LogP contribution in [0.1, 0.15) is 19.4 Å². The molecule has 0 bridgehead atoms. The van der Waals surface area contributed by atoms with Crippen LogP contribution in [0.5, 0.6) is 5.75 Å². The van der Waals surface area contributed by atoms with E-state index in [0.29, 0.717) is 16.9 Å². The van der Waals surface area contributed by atoms with Crippen LogP contribution in [0.3, 0.4) is 0 Å². The van der Waals surface area contributed by atoms with Gasteiger partial charge in [-0.2, -0.15) is 0 Å². The van der Waals surface area contributed by atoms with Crippen LogP contribution in [0.15, 0.2) is 40.2 Å². The lowest BCUT2D eigenvalue weighted by atomic mass is 10.1. The number of methoxy groups -OCH3 is 1. The molecule has 25 heavy (non-hydrogen) atoms. The number of fused-ring (bicyclic) bond motifs is 1. The van der Waals surface area contributed by atoms with Crippen LogP contribution in [-0.2, 0) is 20.7 Å². The number of carbonyl (C=O) groups is 2. The Kier molecular flexibility index (Phi) is 5.59. The number of aliphatic hydroxyl groups excluding tert-OH is 1. The molecule has 2 N–H and O–H groups in total. The van der Waals surface area contributed by atoms with Crippen LogP contribution in [0, 0.1) is 5.41 Å². The topological polar surface area (TPSA) is 110 Å². The second kappa shape index (κ2) is 7.65. The van der Waals surface area contributed by atoms with Crippen LogP contribution >= 0.6 is 0 Å². The third-order valence-corrected chi connectivity index (χ3v) is 3.58. The van der Waals surface area contributed by atoms with Crippen molar-refractivity contribution < 1.29 is 28.6 Å². The van der Waals surface area contributed by atoms with Crippen LogP contribution in [0.2, 0.25) is 0 Å². The lowest BCUT2D eigenvalue weighted by Gasteiger charge is -2.08. The summed E-state index contributed by atoms with van der Waals surface area (Å²) in [4.78, 5) is 23.4. The Labute approximate surface area is 144 Å². The highest BCUT2D eigenvalue weighted by atomic mass is 16.5. The molecule has 0 fully saturated rings. The highest BCUT2D eigenvalue weighted by Crippen LogP contribution is 2.26. The zero-order valence-corrected chi connectivity index (χ0v) is 14.2. The van der Waals surface area contributed by atoms with E-state index in [1.165, 1.54) is 20.1 Å². The average Bonchev–Trinajstić information content (AvgIpc) is 2.94. The van der Waals surface area contributed by atoms with E-state index in [4.69, 9.17) is 19.3 Å². The Balaban J connectivity index is 2.07. The molecule has 2 aromatic rings. The van der Waals surface area contributed by atoms with Gasteiger partial charge in [-0.05, 0) is 26.0 Å². The van der Waals surface area contributed by atoms with Crippen molar-refractivity contribution in [2.75, 3.05) is 13.7 Å². The summed E-state index contributed by atoms with van der Waals surface area (Å²) >= 11 is 0. The molecule has 0 aliphatic carbocycles. The number of esters is 1. The molecule has 0 aliphatic heterocycles. The maximum atomic E-state index is 12.0. The first-order valence-electron chi connectivity index (χ1n) is 7.51. The Morgan fingerprint density at radius 2 is 2.00 bits per heavy atom. The molecule has 0 aliphatic rings. The third kappa shape index (κ3) is 4.26. The fraction of sp³-hybridized carbons (Fsp3) is 0.278. The van der Waals surface area contributed by atoms with Crippen LogP contribution in [-0.4, -0.2) is 36.3 Å². The SMILES string of the molecule is COc1ccc2c(CC(=O)OC/C(O)=C(\C(C)=N)C(C)=O)coc2c1. The molecule has 0 unspecified atom stereocenters. The van der Waals surface area contributed by atoms with Gasteiger partial charge >= 0.3 is 5.97 Å². The lowest BCUT2D eigenvalue weighted by molar-refractivity contribution is -0.142. The molecule has 1 aromatic carbocycles. The van der Waals surface area contributed by atoms with Crippen LogP contribution < -0.4 is 4.74 Å². The molecule has 0 saturated heterocycles. The van der Waals surface area contributed by atoms with E-state index < -0.39 is 24.1 Å². The van der Waals surface area contributed by atoms with Gasteiger partial charge in [0.25, 0.3) is 0 Å². The number of benzene rings is 1. The average molecular weight is 345 g/mol. The van der Waals surface area contributed by atoms with Crippen molar-refractivity contribution >= 4 is 28.4 Å². The lowest BCUT2D eigenvalue weighted by Crippen LogP contribution is -2.15. The molecule has 7 nitrogen and oxygen atoms in total. The number of allylic oxidation sites excluding steroid dienone is 1. The first kappa shape index (κ1) is 18.3. The van der Waals surface area contributed by atoms with Crippen molar-refractivity contribution in [1.29, 1.82) is 5.41 Å². The molecular weight excluding hydrogens is 326 g/mol. The smallest absolute Gasteiger partial charge is 0.310 e. The zero-order chi connectivity index (χ0) is 18.6. The standard InChI is InChI=1S/C18H19NO6/c1-10(19)18(11(2)20)15(21)9-25-17(22)6-12-8-24-16-7-13(23-3)4-5-14(12)16/h4-5,7-8,19,21H,6,9H2,1-3H3/b18-15-,19-10?. The maximum Gasteiger partial charge on any atom is 0.310 e. The summed E-state index contributed by atoms with van der Waals surface area (Å²) in [6.45, 7) is 2.14. The van der Waals surface area contributed by atoms with Crippen molar-refractivity contribution in [3.8, 4) is 5.75 Å². The number of Topliss-reactive ketones (excluding diaryl/α,β-unsaturated/α-hetero) is 1. The Bertz CT molecular complexity index is 846. The predicted molar refractivity (Wildman–Crippen MR) is 91.2 cm³/mol. The van der Waals surface area contributed by atoms with E-state index in [1.807, 2.05) is 0 Å². The Morgan fingerprint density at radius 3 is 2.60 bits per heavy atom. The second-order valence-electron chi connectivity index (χ2n) is 5.46. The van der Waals surface area contributed by atoms with E-state index in [2.05, 4.69) is 0 Å². The summed E-state index contributed by atoms with van der Waals surface area (Å²) in [5, 5.41) is 18.1. The molecule has 0 saturated carbocycles. The number of furan rings is 1. The quantitative estimate of drug-likeness (QED) is 0.345. The number of rotatable bonds is 7. The van der Waals surface area contributed by atoms with Gasteiger partial charge in [0.2, 0.25) is 0 Å². The molecular formula is C18H19NO6. The molecule has 1 aromatic heterocycles. The van der Waals surface area contributed by atoms with E-state index in [0.717, 1.165) is 5.39 Å². The summed E-state index contributed by atoms with van der Waals surface area (Å²) in [5.41, 5.74) is 0.994. The highest BCUT2D eigenvalue weighted by Gasteiger charge is 2.16. The van der Waals surface area contributed by atoms with Gasteiger partial charge in [0, 0.05) is 22.7 Å². The second-order valence-corrected chi connectivity index (χ2v) is 5.46. The summed E-state index contributed by atoms with van der Waals surface area (Å²) in [7, 11) is 1.55. The van der Waals surface area contributed by atoms with Crippen molar-refractivity contribution in [3.63, 3.8) is 0 Å². The molecule has 7 heteroatoms. The summed E-state index contributed by atoms with van der Waals surface area (Å²) < 4.78 is 15.5. The number of ketones is 1. The monoisotopic (exact) mass is 345 g/mol. The van der Waals surface area contributed by atoms with Gasteiger partial charge in [-0.15, -0.1) is 0 Å². The number of hydrogen-bond donors (Lipinski definition) is 2. The van der Waals surface area contributed by atoms with E-state index in [-0.39, 0.29) is 17.7 Å². The molecule has 0 radical (unpaired) electrons. The largest absolute Gasteiger partial charge is 0.508 e. The highest BCUT2D eigenvalue weighted by molar-refractivity contribution is 6.19. The fourth-order valence-corrected chi connectivity index (χ4v) is 2.44. The Morgan fingerprint density at radius 1 is 1.28 bits per heavy atom. The molecule has 0 amide bonds. The van der Waals surface area contributed by atoms with Gasteiger partial charge in [0.1, 0.15) is 23.7 Å².